The molecule has 0 spiro atoms. The van der Waals surface area contributed by atoms with Crippen molar-refractivity contribution < 1.29 is 29.3 Å². The Morgan fingerprint density at radius 2 is 1.75 bits per heavy atom. The Balaban J connectivity index is 1.65. The van der Waals surface area contributed by atoms with E-state index in [1.807, 2.05) is 30.3 Å². The van der Waals surface area contributed by atoms with Gasteiger partial charge < -0.3 is 14.9 Å². The maximum atomic E-state index is 11.9. The Labute approximate surface area is 190 Å². The maximum Gasteiger partial charge on any atom is 0.323 e. The Bertz CT molecular complexity index is 995. The molecule has 1 aliphatic rings. The van der Waals surface area contributed by atoms with Crippen molar-refractivity contribution in [3.8, 4) is 5.75 Å². The highest BCUT2D eigenvalue weighted by Gasteiger charge is 2.46. The third-order valence-electron chi connectivity index (χ3n) is 5.25. The van der Waals surface area contributed by atoms with Gasteiger partial charge in [0, 0.05) is 11.4 Å². The van der Waals surface area contributed by atoms with Crippen LogP contribution in [0, 0.1) is 5.92 Å². The summed E-state index contributed by atoms with van der Waals surface area (Å²) in [6.45, 7) is 1.71. The fourth-order valence-corrected chi connectivity index (χ4v) is 4.09. The first-order valence-corrected chi connectivity index (χ1v) is 10.4. The van der Waals surface area contributed by atoms with Gasteiger partial charge in [0.1, 0.15) is 30.2 Å². The van der Waals surface area contributed by atoms with Crippen LogP contribution in [0.2, 0.25) is 0 Å². The SMILES string of the molecule is CC(=O)C1C(=S)CN(N[C@@H](Cc2ccc(OCc3ccccc3)cc2)C(=O)O)[C@@H]1C(=O)O. The number of hydrogen-bond acceptors (Lipinski definition) is 7. The van der Waals surface area contributed by atoms with E-state index in [0.717, 1.165) is 11.1 Å². The number of nitrogens with zero attached hydrogens (tertiary/aromatic N) is 1. The van der Waals surface area contributed by atoms with E-state index in [1.165, 1.54) is 11.9 Å². The van der Waals surface area contributed by atoms with Crippen LogP contribution in [0.5, 0.6) is 5.75 Å². The minimum atomic E-state index is -1.24. The lowest BCUT2D eigenvalue weighted by Crippen LogP contribution is -2.55. The van der Waals surface area contributed by atoms with E-state index in [9.17, 15) is 24.6 Å². The number of Topliss-reactive ketones (excluding diaryl/α,β-unsaturated/α-hetero) is 1. The molecule has 1 saturated heterocycles. The number of rotatable bonds is 10. The van der Waals surface area contributed by atoms with Crippen LogP contribution in [0.15, 0.2) is 54.6 Å². The number of benzene rings is 2. The lowest BCUT2D eigenvalue weighted by molar-refractivity contribution is -0.149. The highest BCUT2D eigenvalue weighted by molar-refractivity contribution is 7.80. The molecular formula is C23H24N2O6S. The van der Waals surface area contributed by atoms with Gasteiger partial charge in [-0.3, -0.25) is 14.4 Å². The molecule has 1 unspecified atom stereocenters. The first-order valence-electron chi connectivity index (χ1n) is 10.0. The summed E-state index contributed by atoms with van der Waals surface area (Å²) in [6, 6.07) is 14.4. The molecule has 0 aromatic heterocycles. The maximum absolute atomic E-state index is 11.9. The van der Waals surface area contributed by atoms with Crippen molar-refractivity contribution in [1.82, 2.24) is 10.4 Å². The van der Waals surface area contributed by atoms with Gasteiger partial charge in [-0.2, -0.15) is 0 Å². The number of carbonyl (C=O) groups is 3. The number of nitrogens with one attached hydrogen (secondary N) is 1. The third kappa shape index (κ3) is 5.76. The van der Waals surface area contributed by atoms with Crippen LogP contribution in [0.1, 0.15) is 18.1 Å². The predicted molar refractivity (Wildman–Crippen MR) is 120 cm³/mol. The zero-order chi connectivity index (χ0) is 23.3. The summed E-state index contributed by atoms with van der Waals surface area (Å²) >= 11 is 5.19. The van der Waals surface area contributed by atoms with Gasteiger partial charge >= 0.3 is 11.9 Å². The lowest BCUT2D eigenvalue weighted by Gasteiger charge is -2.27. The number of aliphatic carboxylic acids is 2. The number of carbonyl (C=O) groups excluding carboxylic acids is 1. The number of ether oxygens (including phenoxy) is 1. The van der Waals surface area contributed by atoms with Crippen molar-refractivity contribution >= 4 is 34.8 Å². The van der Waals surface area contributed by atoms with Crippen molar-refractivity contribution in [3.63, 3.8) is 0 Å². The molecule has 0 radical (unpaired) electrons. The van der Waals surface area contributed by atoms with Gasteiger partial charge in [-0.05, 0) is 36.6 Å². The molecular weight excluding hydrogens is 432 g/mol. The first-order chi connectivity index (χ1) is 15.3. The van der Waals surface area contributed by atoms with Crippen LogP contribution < -0.4 is 10.2 Å². The van der Waals surface area contributed by atoms with Crippen LogP contribution in [-0.4, -0.2) is 56.4 Å². The smallest absolute Gasteiger partial charge is 0.323 e. The zero-order valence-electron chi connectivity index (χ0n) is 17.4. The van der Waals surface area contributed by atoms with E-state index < -0.39 is 29.9 Å². The van der Waals surface area contributed by atoms with Crippen LogP contribution in [0.25, 0.3) is 0 Å². The second kappa shape index (κ2) is 10.4. The number of ketones is 1. The Kier molecular flexibility index (Phi) is 7.68. The molecule has 0 saturated carbocycles. The second-order valence-corrected chi connectivity index (χ2v) is 8.13. The summed E-state index contributed by atoms with van der Waals surface area (Å²) in [5.74, 6) is -3.04. The fourth-order valence-electron chi connectivity index (χ4n) is 3.66. The number of hydrazine groups is 1. The van der Waals surface area contributed by atoms with Gasteiger partial charge in [0.2, 0.25) is 0 Å². The van der Waals surface area contributed by atoms with Gasteiger partial charge in [-0.1, -0.05) is 54.7 Å². The van der Waals surface area contributed by atoms with E-state index in [0.29, 0.717) is 12.4 Å². The number of hydrogen-bond donors (Lipinski definition) is 3. The Morgan fingerprint density at radius 3 is 2.31 bits per heavy atom. The van der Waals surface area contributed by atoms with Gasteiger partial charge in [-0.15, -0.1) is 0 Å². The molecule has 8 nitrogen and oxygen atoms in total. The molecule has 1 heterocycles. The van der Waals surface area contributed by atoms with Crippen molar-refractivity contribution in [2.45, 2.75) is 32.0 Å². The average molecular weight is 457 g/mol. The molecule has 9 heteroatoms. The molecule has 1 fully saturated rings. The molecule has 0 bridgehead atoms. The summed E-state index contributed by atoms with van der Waals surface area (Å²) in [7, 11) is 0. The summed E-state index contributed by atoms with van der Waals surface area (Å²) in [4.78, 5) is 35.7. The molecule has 1 aliphatic heterocycles. The topological polar surface area (TPSA) is 116 Å². The first kappa shape index (κ1) is 23.5. The van der Waals surface area contributed by atoms with Crippen molar-refractivity contribution in [2.24, 2.45) is 5.92 Å². The summed E-state index contributed by atoms with van der Waals surface area (Å²) in [5.41, 5.74) is 4.52. The summed E-state index contributed by atoms with van der Waals surface area (Å²) in [5, 5.41) is 20.5. The number of carboxylic acids is 2. The highest BCUT2D eigenvalue weighted by Crippen LogP contribution is 2.23. The van der Waals surface area contributed by atoms with Crippen LogP contribution >= 0.6 is 12.2 Å². The van der Waals surface area contributed by atoms with Crippen molar-refractivity contribution in [1.29, 1.82) is 0 Å². The largest absolute Gasteiger partial charge is 0.489 e. The zero-order valence-corrected chi connectivity index (χ0v) is 18.2. The van der Waals surface area contributed by atoms with Gasteiger partial charge in [-0.25, -0.2) is 10.4 Å². The summed E-state index contributed by atoms with van der Waals surface area (Å²) < 4.78 is 5.74. The fraction of sp³-hybridized carbons (Fsp3) is 0.304. The lowest BCUT2D eigenvalue weighted by atomic mass is 9.96. The molecule has 168 valence electrons. The van der Waals surface area contributed by atoms with E-state index in [2.05, 4.69) is 5.43 Å². The highest BCUT2D eigenvalue weighted by atomic mass is 32.1. The van der Waals surface area contributed by atoms with Crippen LogP contribution in [0.3, 0.4) is 0 Å². The monoisotopic (exact) mass is 456 g/mol. The normalized spacial score (nSPS) is 19.5. The molecule has 3 atom stereocenters. The molecule has 32 heavy (non-hydrogen) atoms. The standard InChI is InChI=1S/C23H24N2O6S/c1-14(26)20-19(32)12-25(21(20)23(29)30)24-18(22(27)28)11-15-7-9-17(10-8-15)31-13-16-5-3-2-4-6-16/h2-10,18,20-21,24H,11-13H2,1H3,(H,27,28)(H,29,30)/t18-,20?,21-/m0/s1. The van der Waals surface area contributed by atoms with E-state index in [1.54, 1.807) is 24.3 Å². The van der Waals surface area contributed by atoms with Gasteiger partial charge in [0.25, 0.3) is 0 Å². The third-order valence-corrected chi connectivity index (χ3v) is 5.63. The van der Waals surface area contributed by atoms with Crippen molar-refractivity contribution in [2.75, 3.05) is 6.54 Å². The average Bonchev–Trinajstić information content (AvgIpc) is 3.09. The minimum Gasteiger partial charge on any atom is -0.489 e. The Morgan fingerprint density at radius 1 is 1.09 bits per heavy atom. The van der Waals surface area contributed by atoms with E-state index in [4.69, 9.17) is 17.0 Å². The predicted octanol–water partition coefficient (Wildman–Crippen LogP) is 2.11. The number of carboxylic acid groups (broad SMARTS) is 2. The molecule has 3 N–H and O–H groups in total. The second-order valence-electron chi connectivity index (χ2n) is 7.61. The van der Waals surface area contributed by atoms with Crippen molar-refractivity contribution in [3.05, 3.63) is 65.7 Å². The summed E-state index contributed by atoms with van der Waals surface area (Å²) in [6.07, 6.45) is 0.106. The van der Waals surface area contributed by atoms with Crippen LogP contribution in [-0.2, 0) is 27.4 Å². The Hall–Kier alpha value is -3.14. The number of thiocarbonyl (C=S) groups is 1. The molecule has 2 aromatic carbocycles. The molecule has 3 rings (SSSR count). The quantitative estimate of drug-likeness (QED) is 0.462. The van der Waals surface area contributed by atoms with E-state index >= 15 is 0 Å². The van der Waals surface area contributed by atoms with Crippen LogP contribution in [0.4, 0.5) is 0 Å². The minimum absolute atomic E-state index is 0.00654. The van der Waals surface area contributed by atoms with E-state index in [-0.39, 0.29) is 23.6 Å². The molecule has 0 amide bonds. The molecule has 2 aromatic rings. The molecule has 0 aliphatic carbocycles. The van der Waals surface area contributed by atoms with Gasteiger partial charge in [0.05, 0.1) is 5.92 Å². The van der Waals surface area contributed by atoms with Gasteiger partial charge in [0.15, 0.2) is 0 Å².